The number of hydrogen-bond acceptors (Lipinski definition) is 5. The molecule has 0 aliphatic heterocycles. The van der Waals surface area contributed by atoms with Crippen LogP contribution in [0.1, 0.15) is 27.0 Å². The summed E-state index contributed by atoms with van der Waals surface area (Å²) >= 11 is 5.91. The Morgan fingerprint density at radius 2 is 1.63 bits per heavy atom. The summed E-state index contributed by atoms with van der Waals surface area (Å²) in [5.41, 5.74) is -0.371. The van der Waals surface area contributed by atoms with E-state index in [1.807, 2.05) is 12.1 Å². The fourth-order valence-corrected chi connectivity index (χ4v) is 5.21. The monoisotopic (exact) mass is 606 g/mol. The number of hydrogen-bond donors (Lipinski definition) is 2. The Morgan fingerprint density at radius 1 is 0.902 bits per heavy atom. The minimum atomic E-state index is -4.68. The number of alkyl halides is 3. The van der Waals surface area contributed by atoms with Crippen LogP contribution < -0.4 is 10.0 Å². The predicted molar refractivity (Wildman–Crippen MR) is 148 cm³/mol. The Kier molecular flexibility index (Phi) is 9.19. The molecular formula is C29H23ClF4N2O4S. The molecule has 0 spiro atoms. The van der Waals surface area contributed by atoms with Gasteiger partial charge in [0.1, 0.15) is 17.3 Å². The van der Waals surface area contributed by atoms with Gasteiger partial charge in [0.05, 0.1) is 16.8 Å². The van der Waals surface area contributed by atoms with Gasteiger partial charge in [-0.1, -0.05) is 48.0 Å². The first-order valence-corrected chi connectivity index (χ1v) is 14.0. The van der Waals surface area contributed by atoms with E-state index in [0.717, 1.165) is 23.8 Å². The van der Waals surface area contributed by atoms with Gasteiger partial charge in [-0.2, -0.15) is 13.2 Å². The second-order valence-electron chi connectivity index (χ2n) is 8.87. The van der Waals surface area contributed by atoms with Gasteiger partial charge in [0.25, 0.3) is 10.0 Å². The predicted octanol–water partition coefficient (Wildman–Crippen LogP) is 7.31. The Morgan fingerprint density at radius 3 is 2.34 bits per heavy atom. The second kappa shape index (κ2) is 12.6. The molecule has 0 aliphatic carbocycles. The molecule has 2 N–H and O–H groups in total. The van der Waals surface area contributed by atoms with Gasteiger partial charge in [-0.15, -0.1) is 0 Å². The lowest BCUT2D eigenvalue weighted by molar-refractivity contribution is -0.137. The van der Waals surface area contributed by atoms with E-state index in [1.165, 1.54) is 36.4 Å². The third-order valence-electron chi connectivity index (χ3n) is 5.91. The number of esters is 1. The minimum absolute atomic E-state index is 0.101. The fraction of sp³-hybridized carbons (Fsp3) is 0.138. The Labute approximate surface area is 239 Å². The summed E-state index contributed by atoms with van der Waals surface area (Å²) in [6.45, 7) is -0.109. The first kappa shape index (κ1) is 29.9. The SMILES string of the molecule is O=C(OCc1ccccc1F)c1ccc(NCCc2ccc(Cl)cc2)c(S(=O)(=O)Nc2cccc(C(F)(F)F)c2)c1. The number of carbonyl (C=O) groups is 1. The van der Waals surface area contributed by atoms with Crippen molar-refractivity contribution in [1.82, 2.24) is 0 Å². The molecule has 214 valence electrons. The van der Waals surface area contributed by atoms with Crippen LogP contribution in [0.4, 0.5) is 28.9 Å². The van der Waals surface area contributed by atoms with Crippen LogP contribution in [-0.4, -0.2) is 20.9 Å². The van der Waals surface area contributed by atoms with E-state index in [9.17, 15) is 30.8 Å². The topological polar surface area (TPSA) is 84.5 Å². The van der Waals surface area contributed by atoms with Gasteiger partial charge in [-0.05, 0) is 66.6 Å². The highest BCUT2D eigenvalue weighted by Gasteiger charge is 2.31. The largest absolute Gasteiger partial charge is 0.457 e. The van der Waals surface area contributed by atoms with E-state index in [-0.39, 0.29) is 29.0 Å². The van der Waals surface area contributed by atoms with Crippen molar-refractivity contribution in [2.24, 2.45) is 0 Å². The van der Waals surface area contributed by atoms with Gasteiger partial charge in [-0.3, -0.25) is 4.72 Å². The average Bonchev–Trinajstić information content (AvgIpc) is 2.93. The van der Waals surface area contributed by atoms with Crippen molar-refractivity contribution in [3.05, 3.63) is 124 Å². The molecule has 12 heteroatoms. The lowest BCUT2D eigenvalue weighted by Crippen LogP contribution is -2.18. The van der Waals surface area contributed by atoms with E-state index in [0.29, 0.717) is 17.5 Å². The summed E-state index contributed by atoms with van der Waals surface area (Å²) in [6, 6.07) is 20.2. The molecule has 0 fully saturated rings. The van der Waals surface area contributed by atoms with Crippen LogP contribution >= 0.6 is 11.6 Å². The number of sulfonamides is 1. The molecule has 0 heterocycles. The molecule has 41 heavy (non-hydrogen) atoms. The zero-order chi connectivity index (χ0) is 29.6. The maximum absolute atomic E-state index is 13.9. The molecule has 4 rings (SSSR count). The maximum atomic E-state index is 13.9. The van der Waals surface area contributed by atoms with Crippen LogP contribution in [0, 0.1) is 5.82 Å². The van der Waals surface area contributed by atoms with Gasteiger partial charge in [0.15, 0.2) is 0 Å². The molecule has 0 atom stereocenters. The van der Waals surface area contributed by atoms with Crippen molar-refractivity contribution < 1.29 is 35.5 Å². The quantitative estimate of drug-likeness (QED) is 0.146. The maximum Gasteiger partial charge on any atom is 0.416 e. The van der Waals surface area contributed by atoms with Crippen LogP contribution in [0.2, 0.25) is 5.02 Å². The minimum Gasteiger partial charge on any atom is -0.457 e. The number of carbonyl (C=O) groups excluding carboxylic acids is 1. The molecule has 0 radical (unpaired) electrons. The van der Waals surface area contributed by atoms with Gasteiger partial charge in [-0.25, -0.2) is 17.6 Å². The molecule has 0 amide bonds. The number of rotatable bonds is 10. The summed E-state index contributed by atoms with van der Waals surface area (Å²) in [5, 5.41) is 3.56. The molecule has 0 saturated heterocycles. The van der Waals surface area contributed by atoms with Crippen molar-refractivity contribution in [3.8, 4) is 0 Å². The highest BCUT2D eigenvalue weighted by atomic mass is 35.5. The average molecular weight is 607 g/mol. The third kappa shape index (κ3) is 7.99. The van der Waals surface area contributed by atoms with Crippen molar-refractivity contribution in [2.75, 3.05) is 16.6 Å². The Hall–Kier alpha value is -4.09. The van der Waals surface area contributed by atoms with E-state index < -0.39 is 45.1 Å². The van der Waals surface area contributed by atoms with Crippen molar-refractivity contribution in [2.45, 2.75) is 24.1 Å². The van der Waals surface area contributed by atoms with Gasteiger partial charge in [0.2, 0.25) is 0 Å². The summed E-state index contributed by atoms with van der Waals surface area (Å²) < 4.78 is 87.6. The van der Waals surface area contributed by atoms with Crippen molar-refractivity contribution >= 4 is 39.0 Å². The van der Waals surface area contributed by atoms with Gasteiger partial charge in [0, 0.05) is 22.8 Å². The fourth-order valence-electron chi connectivity index (χ4n) is 3.82. The van der Waals surface area contributed by atoms with E-state index >= 15 is 0 Å². The third-order valence-corrected chi connectivity index (χ3v) is 7.58. The van der Waals surface area contributed by atoms with Crippen molar-refractivity contribution in [1.29, 1.82) is 0 Å². The van der Waals surface area contributed by atoms with Crippen LogP contribution in [0.25, 0.3) is 0 Å². The normalized spacial score (nSPS) is 11.6. The van der Waals surface area contributed by atoms with Crippen molar-refractivity contribution in [3.63, 3.8) is 0 Å². The lowest BCUT2D eigenvalue weighted by atomic mass is 10.1. The number of ether oxygens (including phenoxy) is 1. The summed E-state index contributed by atoms with van der Waals surface area (Å²) in [4.78, 5) is 12.3. The standard InChI is InChI=1S/C29H23ClF4N2O4S/c30-23-11-8-19(9-12-23)14-15-35-26-13-10-20(28(37)40-18-21-4-1-2-7-25(21)31)16-27(26)41(38,39)36-24-6-3-5-22(17-24)29(32,33)34/h1-13,16-17,35-36H,14-15,18H2. The van der Waals surface area contributed by atoms with Gasteiger partial charge >= 0.3 is 12.1 Å². The molecule has 0 bridgehead atoms. The first-order valence-electron chi connectivity index (χ1n) is 12.2. The van der Waals surface area contributed by atoms with Crippen LogP contribution in [0.5, 0.6) is 0 Å². The highest BCUT2D eigenvalue weighted by Crippen LogP contribution is 2.32. The Bertz CT molecular complexity index is 1650. The van der Waals surface area contributed by atoms with E-state index in [4.69, 9.17) is 16.3 Å². The molecule has 0 aliphatic rings. The summed E-state index contributed by atoms with van der Waals surface area (Å²) in [7, 11) is -4.50. The molecule has 0 saturated carbocycles. The van der Waals surface area contributed by atoms with E-state index in [2.05, 4.69) is 10.0 Å². The first-order chi connectivity index (χ1) is 19.4. The lowest BCUT2D eigenvalue weighted by Gasteiger charge is -2.16. The molecule has 4 aromatic carbocycles. The number of anilines is 2. The number of halogens is 5. The van der Waals surface area contributed by atoms with Crippen LogP contribution in [0.15, 0.2) is 95.9 Å². The van der Waals surface area contributed by atoms with Crippen LogP contribution in [-0.2, 0) is 34.0 Å². The number of nitrogens with one attached hydrogen (secondary N) is 2. The Balaban J connectivity index is 1.60. The molecular weight excluding hydrogens is 584 g/mol. The molecule has 0 aromatic heterocycles. The van der Waals surface area contributed by atoms with Gasteiger partial charge < -0.3 is 10.1 Å². The zero-order valence-electron chi connectivity index (χ0n) is 21.2. The summed E-state index contributed by atoms with van der Waals surface area (Å²) in [5.74, 6) is -1.49. The molecule has 0 unspecified atom stereocenters. The summed E-state index contributed by atoms with van der Waals surface area (Å²) in [6.07, 6.45) is -4.19. The smallest absolute Gasteiger partial charge is 0.416 e. The molecule has 4 aromatic rings. The zero-order valence-corrected chi connectivity index (χ0v) is 22.8. The number of benzene rings is 4. The molecule has 6 nitrogen and oxygen atoms in total. The van der Waals surface area contributed by atoms with E-state index in [1.54, 1.807) is 18.2 Å². The highest BCUT2D eigenvalue weighted by molar-refractivity contribution is 7.92. The van der Waals surface area contributed by atoms with Crippen LogP contribution in [0.3, 0.4) is 0 Å². The second-order valence-corrected chi connectivity index (χ2v) is 11.0.